The van der Waals surface area contributed by atoms with Gasteiger partial charge in [0.2, 0.25) is 5.91 Å². The topological polar surface area (TPSA) is 172 Å². The second-order valence-corrected chi connectivity index (χ2v) is 26.7. The molecule has 426 valence electrons. The molecule has 0 radical (unpaired) electrons. The van der Waals surface area contributed by atoms with Gasteiger partial charge in [0, 0.05) is 124 Å². The molecule has 0 spiro atoms. The SMILES string of the molecule is CC1(C)CCC(c2ccc(Cl)cc2)=C(CN2CCN(c3ccc(C(=O)NS(=O)(=O)c4ccc(N[C@H](CCN5CCN(Cc6ccc(N7CCC(=O)NC7=O)cc6)CC5)CSc5ccccc5)c(S(=O)(=O)C(F)(F)F)c4)cc3)CC2)C1. The number of nitrogens with one attached hydrogen (secondary N) is 3. The summed E-state index contributed by atoms with van der Waals surface area (Å²) in [6.07, 6.45) is 3.75. The Morgan fingerprint density at radius 3 is 2.05 bits per heavy atom. The van der Waals surface area contributed by atoms with Crippen molar-refractivity contribution in [2.75, 3.05) is 92.9 Å². The van der Waals surface area contributed by atoms with Crippen LogP contribution in [-0.4, -0.2) is 139 Å². The molecule has 3 saturated heterocycles. The number of urea groups is 1. The van der Waals surface area contributed by atoms with E-state index in [1.54, 1.807) is 12.1 Å². The number of carbonyl (C=O) groups excluding carboxylic acids is 3. The van der Waals surface area contributed by atoms with Crippen LogP contribution in [0.15, 0.2) is 142 Å². The lowest BCUT2D eigenvalue weighted by atomic mass is 9.73. The van der Waals surface area contributed by atoms with Crippen LogP contribution in [0.5, 0.6) is 0 Å². The maximum Gasteiger partial charge on any atom is 0.501 e. The zero-order valence-electron chi connectivity index (χ0n) is 44.7. The number of sulfone groups is 1. The minimum Gasteiger partial charge on any atom is -0.380 e. The third kappa shape index (κ3) is 14.8. The second-order valence-electron chi connectivity index (χ2n) is 21.6. The molecule has 3 fully saturated rings. The number of rotatable bonds is 19. The van der Waals surface area contributed by atoms with Gasteiger partial charge in [-0.25, -0.2) is 26.4 Å². The number of alkyl halides is 3. The lowest BCUT2D eigenvalue weighted by Crippen LogP contribution is -2.49. The normalized spacial score (nSPS) is 18.5. The summed E-state index contributed by atoms with van der Waals surface area (Å²) in [5, 5.41) is 6.09. The predicted molar refractivity (Wildman–Crippen MR) is 308 cm³/mol. The van der Waals surface area contributed by atoms with Crippen LogP contribution in [0.4, 0.5) is 35.0 Å². The van der Waals surface area contributed by atoms with Gasteiger partial charge in [-0.15, -0.1) is 11.8 Å². The molecule has 5 aromatic carbocycles. The van der Waals surface area contributed by atoms with Gasteiger partial charge in [0.15, 0.2) is 0 Å². The molecule has 3 heterocycles. The summed E-state index contributed by atoms with van der Waals surface area (Å²) in [7, 11) is -11.0. The minimum absolute atomic E-state index is 0.0176. The molecule has 1 atom stereocenters. The number of hydrogen-bond donors (Lipinski definition) is 3. The number of carbonyl (C=O) groups is 3. The Balaban J connectivity index is 0.826. The molecule has 0 saturated carbocycles. The third-order valence-electron chi connectivity index (χ3n) is 15.3. The van der Waals surface area contributed by atoms with Crippen LogP contribution in [0.25, 0.3) is 5.57 Å². The molecule has 9 rings (SSSR count). The highest BCUT2D eigenvalue weighted by Crippen LogP contribution is 2.43. The Kier molecular flexibility index (Phi) is 18.4. The van der Waals surface area contributed by atoms with Crippen molar-refractivity contribution in [2.24, 2.45) is 5.41 Å². The van der Waals surface area contributed by atoms with E-state index in [1.165, 1.54) is 45.5 Å². The molecular formula is C58H66ClF3N8O7S3. The predicted octanol–water partition coefficient (Wildman–Crippen LogP) is 9.77. The van der Waals surface area contributed by atoms with Gasteiger partial charge < -0.3 is 15.1 Å². The Morgan fingerprint density at radius 2 is 1.39 bits per heavy atom. The van der Waals surface area contributed by atoms with Crippen molar-refractivity contribution < 1.29 is 44.4 Å². The molecule has 0 bridgehead atoms. The molecule has 1 aliphatic carbocycles. The van der Waals surface area contributed by atoms with Crippen LogP contribution in [0.3, 0.4) is 0 Å². The lowest BCUT2D eigenvalue weighted by molar-refractivity contribution is -0.120. The number of allylic oxidation sites excluding steroid dienone is 1. The number of amides is 4. The van der Waals surface area contributed by atoms with Gasteiger partial charge >= 0.3 is 11.5 Å². The highest BCUT2D eigenvalue weighted by molar-refractivity contribution is 7.99. The van der Waals surface area contributed by atoms with Crippen molar-refractivity contribution in [1.29, 1.82) is 0 Å². The number of nitrogens with zero attached hydrogens (tertiary/aromatic N) is 5. The van der Waals surface area contributed by atoms with Gasteiger partial charge in [-0.1, -0.05) is 73.5 Å². The summed E-state index contributed by atoms with van der Waals surface area (Å²) < 4.78 is 99.5. The van der Waals surface area contributed by atoms with E-state index in [4.69, 9.17) is 11.6 Å². The molecule has 4 aliphatic rings. The van der Waals surface area contributed by atoms with Crippen molar-refractivity contribution in [3.8, 4) is 0 Å². The Hall–Kier alpha value is -5.94. The van der Waals surface area contributed by atoms with Crippen molar-refractivity contribution in [2.45, 2.75) is 78.7 Å². The number of hydrogen-bond acceptors (Lipinski definition) is 13. The molecule has 22 heteroatoms. The molecule has 4 amide bonds. The van der Waals surface area contributed by atoms with Gasteiger partial charge in [0.25, 0.3) is 25.8 Å². The molecule has 3 N–H and O–H groups in total. The standard InChI is InChI=1S/C58H66ClF3N8O7S3/c1-57(2)25-22-51(42-10-14-45(59)15-11-42)44(37-57)39-68-32-34-69(35-33-68)47-18-12-43(13-19-47)55(72)65-80(76,77)50-20-21-52(53(36-50)79(74,75)58(60,61)62)63-46(40-78-49-6-4-3-5-7-49)23-26-66-28-30-67(31-29-66)38-41-8-16-48(17-9-41)70-27-24-54(71)64-56(70)73/h3-21,36,46,63H,22-35,37-40H2,1-2H3,(H,65,72)(H,64,71,73)/t46-/m1/s1. The van der Waals surface area contributed by atoms with Gasteiger partial charge in [0.1, 0.15) is 4.90 Å². The molecular weight excluding hydrogens is 1110 g/mol. The summed E-state index contributed by atoms with van der Waals surface area (Å²) >= 11 is 7.65. The summed E-state index contributed by atoms with van der Waals surface area (Å²) in [6.45, 7) is 12.9. The van der Waals surface area contributed by atoms with Crippen molar-refractivity contribution in [1.82, 2.24) is 24.7 Å². The average molecular weight is 1180 g/mol. The maximum atomic E-state index is 14.4. The second kappa shape index (κ2) is 25.1. The molecule has 3 aliphatic heterocycles. The summed E-state index contributed by atoms with van der Waals surface area (Å²) in [5.74, 6) is -1.01. The lowest BCUT2D eigenvalue weighted by Gasteiger charge is -2.39. The molecule has 0 aromatic heterocycles. The average Bonchev–Trinajstić information content (AvgIpc) is 3.44. The fourth-order valence-corrected chi connectivity index (χ4v) is 13.8. The van der Waals surface area contributed by atoms with Gasteiger partial charge in [-0.05, 0) is 127 Å². The minimum atomic E-state index is -6.12. The van der Waals surface area contributed by atoms with Crippen molar-refractivity contribution in [3.63, 3.8) is 0 Å². The first-order valence-corrected chi connectivity index (χ1v) is 31.1. The number of benzene rings is 5. The number of thioether (sulfide) groups is 1. The van der Waals surface area contributed by atoms with Crippen LogP contribution in [0.2, 0.25) is 5.02 Å². The number of anilines is 3. The van der Waals surface area contributed by atoms with Crippen LogP contribution in [0, 0.1) is 5.41 Å². The van der Waals surface area contributed by atoms with Crippen LogP contribution < -0.4 is 25.2 Å². The van der Waals surface area contributed by atoms with E-state index in [0.717, 1.165) is 93.4 Å². The van der Waals surface area contributed by atoms with E-state index in [2.05, 4.69) is 56.2 Å². The first-order valence-electron chi connectivity index (χ1n) is 26.8. The highest BCUT2D eigenvalue weighted by Gasteiger charge is 2.48. The van der Waals surface area contributed by atoms with Crippen molar-refractivity contribution in [3.05, 3.63) is 149 Å². The van der Waals surface area contributed by atoms with Crippen molar-refractivity contribution >= 4 is 83.7 Å². The quantitative estimate of drug-likeness (QED) is 0.0668. The largest absolute Gasteiger partial charge is 0.501 e. The molecule has 0 unspecified atom stereocenters. The third-order valence-corrected chi connectivity index (χ3v) is 19.5. The van der Waals surface area contributed by atoms with Crippen LogP contribution in [0.1, 0.15) is 67.4 Å². The highest BCUT2D eigenvalue weighted by atomic mass is 35.5. The number of imide groups is 1. The zero-order chi connectivity index (χ0) is 56.8. The van der Waals surface area contributed by atoms with Crippen LogP contribution in [-0.2, 0) is 31.2 Å². The smallest absolute Gasteiger partial charge is 0.380 e. The Labute approximate surface area is 475 Å². The maximum absolute atomic E-state index is 14.4. The number of piperazine rings is 2. The summed E-state index contributed by atoms with van der Waals surface area (Å²) in [4.78, 5) is 46.9. The van der Waals surface area contributed by atoms with E-state index in [9.17, 15) is 44.4 Å². The Morgan fingerprint density at radius 1 is 0.750 bits per heavy atom. The monoisotopic (exact) mass is 1170 g/mol. The van der Waals surface area contributed by atoms with Crippen LogP contribution >= 0.6 is 23.4 Å². The zero-order valence-corrected chi connectivity index (χ0v) is 47.9. The van der Waals surface area contributed by atoms with Gasteiger partial charge in [-0.3, -0.25) is 29.6 Å². The summed E-state index contributed by atoms with van der Waals surface area (Å²) in [6, 6.07) is 32.8. The number of sulfonamides is 1. The first-order chi connectivity index (χ1) is 38.1. The van der Waals surface area contributed by atoms with E-state index in [0.29, 0.717) is 61.7 Å². The molecule has 80 heavy (non-hydrogen) atoms. The van der Waals surface area contributed by atoms with E-state index in [-0.39, 0.29) is 23.3 Å². The van der Waals surface area contributed by atoms with E-state index >= 15 is 0 Å². The Bertz CT molecular complexity index is 3280. The van der Waals surface area contributed by atoms with Gasteiger partial charge in [0.05, 0.1) is 10.6 Å². The first kappa shape index (κ1) is 58.7. The van der Waals surface area contributed by atoms with E-state index in [1.807, 2.05) is 71.5 Å². The molecule has 5 aromatic rings. The number of halogens is 4. The van der Waals surface area contributed by atoms with Gasteiger partial charge in [-0.2, -0.15) is 13.2 Å². The molecule has 15 nitrogen and oxygen atoms in total. The fourth-order valence-electron chi connectivity index (χ4n) is 10.7. The van der Waals surface area contributed by atoms with E-state index < -0.39 is 58.8 Å². The summed E-state index contributed by atoms with van der Waals surface area (Å²) in [5.41, 5.74) is 0.594. The fraction of sp³-hybridized carbons (Fsp3) is 0.397.